The second-order valence-corrected chi connectivity index (χ2v) is 9.95. The first-order chi connectivity index (χ1) is 15.4. The molecule has 1 heterocycles. The zero-order valence-corrected chi connectivity index (χ0v) is 20.0. The van der Waals surface area contributed by atoms with Gasteiger partial charge in [-0.2, -0.15) is 0 Å². The van der Waals surface area contributed by atoms with Gasteiger partial charge in [-0.25, -0.2) is 0 Å². The first-order valence-electron chi connectivity index (χ1n) is 11.1. The molecule has 0 unspecified atom stereocenters. The minimum Gasteiger partial charge on any atom is -0.333 e. The van der Waals surface area contributed by atoms with Crippen LogP contribution in [-0.2, 0) is 29.1 Å². The van der Waals surface area contributed by atoms with E-state index in [1.165, 1.54) is 4.88 Å². The summed E-state index contributed by atoms with van der Waals surface area (Å²) in [6.45, 7) is 7.96. The third-order valence-electron chi connectivity index (χ3n) is 5.17. The molecule has 4 nitrogen and oxygen atoms in total. The van der Waals surface area contributed by atoms with Crippen molar-refractivity contribution in [2.45, 2.75) is 40.3 Å². The lowest BCUT2D eigenvalue weighted by Gasteiger charge is -2.29. The number of rotatable bonds is 10. The van der Waals surface area contributed by atoms with E-state index in [4.69, 9.17) is 0 Å². The predicted molar refractivity (Wildman–Crippen MR) is 131 cm³/mol. The van der Waals surface area contributed by atoms with Crippen LogP contribution in [0, 0.1) is 12.8 Å². The number of benzene rings is 2. The molecule has 0 N–H and O–H groups in total. The Kier molecular flexibility index (Phi) is 8.63. The van der Waals surface area contributed by atoms with E-state index in [2.05, 4.69) is 32.9 Å². The van der Waals surface area contributed by atoms with Gasteiger partial charge in [0.05, 0.1) is 19.5 Å². The molecule has 0 saturated carbocycles. The van der Waals surface area contributed by atoms with Gasteiger partial charge < -0.3 is 9.80 Å². The SMILES string of the molecule is Cc1ccc(CN(Cc2ccccc2)C(=O)CN(CC(C)C)C(=O)Cc2ccccc2)s1. The van der Waals surface area contributed by atoms with Gasteiger partial charge in [-0.1, -0.05) is 74.5 Å². The van der Waals surface area contributed by atoms with Gasteiger partial charge >= 0.3 is 0 Å². The normalized spacial score (nSPS) is 10.9. The summed E-state index contributed by atoms with van der Waals surface area (Å²) in [5.74, 6) is 0.247. The Morgan fingerprint density at radius 2 is 1.41 bits per heavy atom. The Bertz CT molecular complexity index is 999. The molecule has 0 radical (unpaired) electrons. The van der Waals surface area contributed by atoms with Gasteiger partial charge in [0.25, 0.3) is 0 Å². The Morgan fingerprint density at radius 3 is 1.97 bits per heavy atom. The van der Waals surface area contributed by atoms with Crippen molar-refractivity contribution in [3.8, 4) is 0 Å². The van der Waals surface area contributed by atoms with Crippen LogP contribution >= 0.6 is 11.3 Å². The first kappa shape index (κ1) is 23.7. The number of carbonyl (C=O) groups is 2. The molecule has 3 aromatic rings. The van der Waals surface area contributed by atoms with Gasteiger partial charge in [-0.3, -0.25) is 9.59 Å². The van der Waals surface area contributed by atoms with Crippen LogP contribution in [0.5, 0.6) is 0 Å². The summed E-state index contributed by atoms with van der Waals surface area (Å²) in [6, 6.07) is 23.9. The van der Waals surface area contributed by atoms with E-state index in [1.54, 1.807) is 16.2 Å². The Morgan fingerprint density at radius 1 is 0.781 bits per heavy atom. The number of nitrogens with zero attached hydrogens (tertiary/aromatic N) is 2. The van der Waals surface area contributed by atoms with Gasteiger partial charge in [0.1, 0.15) is 0 Å². The molecule has 2 amide bonds. The highest BCUT2D eigenvalue weighted by Gasteiger charge is 2.23. The molecule has 0 aliphatic heterocycles. The summed E-state index contributed by atoms with van der Waals surface area (Å²) < 4.78 is 0. The fourth-order valence-corrected chi connectivity index (χ4v) is 4.54. The van der Waals surface area contributed by atoms with Gasteiger partial charge in [-0.15, -0.1) is 11.3 Å². The van der Waals surface area contributed by atoms with Crippen LogP contribution in [0.4, 0.5) is 0 Å². The van der Waals surface area contributed by atoms with Crippen LogP contribution in [0.1, 0.15) is 34.7 Å². The molecule has 0 aliphatic rings. The topological polar surface area (TPSA) is 40.6 Å². The highest BCUT2D eigenvalue weighted by Crippen LogP contribution is 2.19. The second kappa shape index (κ2) is 11.6. The van der Waals surface area contributed by atoms with Crippen LogP contribution in [0.15, 0.2) is 72.8 Å². The van der Waals surface area contributed by atoms with E-state index in [0.29, 0.717) is 26.1 Å². The molecule has 0 aliphatic carbocycles. The third-order valence-corrected chi connectivity index (χ3v) is 6.16. The summed E-state index contributed by atoms with van der Waals surface area (Å²) in [5, 5.41) is 0. The number of aryl methyl sites for hydroxylation is 1. The average molecular weight is 449 g/mol. The summed E-state index contributed by atoms with van der Waals surface area (Å²) in [5.41, 5.74) is 2.05. The molecule has 0 spiro atoms. The molecule has 0 atom stereocenters. The lowest BCUT2D eigenvalue weighted by atomic mass is 10.1. The minimum atomic E-state index is -0.0260. The van der Waals surface area contributed by atoms with Gasteiger partial charge in [-0.05, 0) is 36.1 Å². The van der Waals surface area contributed by atoms with Gasteiger partial charge in [0.15, 0.2) is 0 Å². The van der Waals surface area contributed by atoms with Crippen molar-refractivity contribution < 1.29 is 9.59 Å². The predicted octanol–water partition coefficient (Wildman–Crippen LogP) is 5.31. The summed E-state index contributed by atoms with van der Waals surface area (Å²) >= 11 is 1.71. The fraction of sp³-hybridized carbons (Fsp3) is 0.333. The van der Waals surface area contributed by atoms with Crippen molar-refractivity contribution in [3.05, 3.63) is 93.7 Å². The third kappa shape index (κ3) is 7.34. The second-order valence-electron chi connectivity index (χ2n) is 8.58. The molecule has 2 aromatic carbocycles. The van der Waals surface area contributed by atoms with Crippen LogP contribution in [0.3, 0.4) is 0 Å². The molecule has 3 rings (SSSR count). The highest BCUT2D eigenvalue weighted by molar-refractivity contribution is 7.11. The number of amides is 2. The molecule has 168 valence electrons. The quantitative estimate of drug-likeness (QED) is 0.422. The van der Waals surface area contributed by atoms with E-state index in [9.17, 15) is 9.59 Å². The molecule has 0 fully saturated rings. The summed E-state index contributed by atoms with van der Waals surface area (Å²) in [4.78, 5) is 32.5. The molecule has 32 heavy (non-hydrogen) atoms. The number of hydrogen-bond acceptors (Lipinski definition) is 3. The fourth-order valence-electron chi connectivity index (χ4n) is 3.64. The van der Waals surface area contributed by atoms with Gasteiger partial charge in [0, 0.05) is 22.8 Å². The van der Waals surface area contributed by atoms with Gasteiger partial charge in [0.2, 0.25) is 11.8 Å². The van der Waals surface area contributed by atoms with Crippen LogP contribution in [-0.4, -0.2) is 34.7 Å². The van der Waals surface area contributed by atoms with Crippen LogP contribution < -0.4 is 0 Å². The maximum atomic E-state index is 13.4. The monoisotopic (exact) mass is 448 g/mol. The number of thiophene rings is 1. The zero-order chi connectivity index (χ0) is 22.9. The van der Waals surface area contributed by atoms with E-state index in [1.807, 2.05) is 65.6 Å². The van der Waals surface area contributed by atoms with Crippen molar-refractivity contribution >= 4 is 23.2 Å². The minimum absolute atomic E-state index is 0.00937. The molecule has 0 bridgehead atoms. The number of carbonyl (C=O) groups excluding carboxylic acids is 2. The Labute approximate surface area is 195 Å². The molecular formula is C27H32N2O2S. The van der Waals surface area contributed by atoms with E-state index in [0.717, 1.165) is 16.0 Å². The molecule has 1 aromatic heterocycles. The lowest BCUT2D eigenvalue weighted by Crippen LogP contribution is -2.44. The summed E-state index contributed by atoms with van der Waals surface area (Å²) in [7, 11) is 0. The lowest BCUT2D eigenvalue weighted by molar-refractivity contribution is -0.141. The summed E-state index contributed by atoms with van der Waals surface area (Å²) in [6.07, 6.45) is 0.309. The van der Waals surface area contributed by atoms with Crippen LogP contribution in [0.25, 0.3) is 0 Å². The van der Waals surface area contributed by atoms with Crippen molar-refractivity contribution in [1.29, 1.82) is 0 Å². The maximum absolute atomic E-state index is 13.4. The van der Waals surface area contributed by atoms with Crippen molar-refractivity contribution in [2.75, 3.05) is 13.1 Å². The highest BCUT2D eigenvalue weighted by atomic mass is 32.1. The van der Waals surface area contributed by atoms with E-state index < -0.39 is 0 Å². The standard InChI is InChI=1S/C27H32N2O2S/c1-21(2)17-28(26(30)16-23-10-6-4-7-11-23)20-27(31)29(18-24-12-8-5-9-13-24)19-25-15-14-22(3)32-25/h4-15,21H,16-20H2,1-3H3. The smallest absolute Gasteiger partial charge is 0.242 e. The molecule has 0 saturated heterocycles. The maximum Gasteiger partial charge on any atom is 0.242 e. The largest absolute Gasteiger partial charge is 0.333 e. The van der Waals surface area contributed by atoms with Crippen molar-refractivity contribution in [3.63, 3.8) is 0 Å². The van der Waals surface area contributed by atoms with Crippen LogP contribution in [0.2, 0.25) is 0 Å². The molecular weight excluding hydrogens is 416 g/mol. The van der Waals surface area contributed by atoms with E-state index in [-0.39, 0.29) is 24.3 Å². The van der Waals surface area contributed by atoms with E-state index >= 15 is 0 Å². The molecule has 5 heteroatoms. The first-order valence-corrected chi connectivity index (χ1v) is 11.9. The average Bonchev–Trinajstić information content (AvgIpc) is 3.18. The Balaban J connectivity index is 1.75. The number of hydrogen-bond donors (Lipinski definition) is 0. The van der Waals surface area contributed by atoms with Crippen molar-refractivity contribution in [2.24, 2.45) is 5.92 Å². The Hall–Kier alpha value is -2.92. The zero-order valence-electron chi connectivity index (χ0n) is 19.2. The van der Waals surface area contributed by atoms with Crippen molar-refractivity contribution in [1.82, 2.24) is 9.80 Å².